The van der Waals surface area contributed by atoms with Crippen molar-refractivity contribution in [2.24, 2.45) is 0 Å². The van der Waals surface area contributed by atoms with Gasteiger partial charge in [-0.3, -0.25) is 9.13 Å². The number of hydrogen-bond acceptors (Lipinski definition) is 13. The van der Waals surface area contributed by atoms with E-state index in [0.717, 1.165) is 14.2 Å². The predicted molar refractivity (Wildman–Crippen MR) is 165 cm³/mol. The normalized spacial score (nSPS) is 13.0. The Morgan fingerprint density at radius 2 is 1.02 bits per heavy atom. The van der Waals surface area contributed by atoms with Gasteiger partial charge in [0, 0.05) is 0 Å². The van der Waals surface area contributed by atoms with Crippen LogP contribution in [0.15, 0.2) is 36.4 Å². The first-order chi connectivity index (χ1) is 20.8. The van der Waals surface area contributed by atoms with Gasteiger partial charge in [0.1, 0.15) is 22.6 Å². The summed E-state index contributed by atoms with van der Waals surface area (Å²) < 4.78 is 59.9. The first kappa shape index (κ1) is 37.2. The number of phenolic OH excluding ortho intramolecular Hbond substituents is 2. The van der Waals surface area contributed by atoms with Crippen molar-refractivity contribution in [1.82, 2.24) is 10.6 Å². The Kier molecular flexibility index (Phi) is 14.3. The summed E-state index contributed by atoms with van der Waals surface area (Å²) in [5.74, 6) is -5.17. The quantitative estimate of drug-likeness (QED) is 0.101. The second-order valence-electron chi connectivity index (χ2n) is 8.71. The Bertz CT molecular complexity index is 1300. The average molecular weight is 677 g/mol. The number of carbonyl (C=O) groups is 2. The minimum absolute atomic E-state index is 0.0199. The minimum Gasteiger partial charge on any atom is -0.507 e. The maximum Gasteiger partial charge on any atom is 0.357 e. The van der Waals surface area contributed by atoms with E-state index in [1.807, 2.05) is 0 Å². The van der Waals surface area contributed by atoms with Crippen molar-refractivity contribution in [3.63, 3.8) is 0 Å². The van der Waals surface area contributed by atoms with Crippen LogP contribution in [0.4, 0.5) is 0 Å². The molecular weight excluding hydrogens is 638 g/mol. The second kappa shape index (κ2) is 16.9. The Balaban J connectivity index is 2.68. The molecule has 44 heavy (non-hydrogen) atoms. The van der Waals surface area contributed by atoms with Crippen molar-refractivity contribution < 1.29 is 56.5 Å². The number of esters is 2. The molecule has 14 nitrogen and oxygen atoms in total. The fourth-order valence-electron chi connectivity index (χ4n) is 4.07. The maximum atomic E-state index is 14.1. The molecule has 0 fully saturated rings. The van der Waals surface area contributed by atoms with Crippen LogP contribution in [0.5, 0.6) is 11.5 Å². The number of nitrogens with one attached hydrogen (secondary N) is 2. The highest BCUT2D eigenvalue weighted by molar-refractivity contribution is 7.80. The highest BCUT2D eigenvalue weighted by Crippen LogP contribution is 2.61. The Morgan fingerprint density at radius 1 is 0.705 bits per heavy atom. The van der Waals surface area contributed by atoms with Gasteiger partial charge in [0.15, 0.2) is 16.7 Å². The van der Waals surface area contributed by atoms with E-state index in [9.17, 15) is 28.9 Å². The molecule has 0 radical (unpaired) electrons. The smallest absolute Gasteiger partial charge is 0.357 e. The van der Waals surface area contributed by atoms with Crippen LogP contribution in [0, 0.1) is 0 Å². The SMILES string of the molecule is CCOP(=O)(OCC)C(NC(=S)NC(c1ccc(O)c(C(=O)OC)c1)P(=O)(OCC)OCC)c1ccc(O)c(C(=O)OC)c1. The third kappa shape index (κ3) is 9.01. The van der Waals surface area contributed by atoms with Crippen LogP contribution < -0.4 is 10.6 Å². The number of ether oxygens (including phenoxy) is 2. The highest BCUT2D eigenvalue weighted by Gasteiger charge is 2.41. The molecule has 4 N–H and O–H groups in total. The third-order valence-electron chi connectivity index (χ3n) is 5.89. The number of carbonyl (C=O) groups excluding carboxylic acids is 2. The third-order valence-corrected chi connectivity index (χ3v) is 10.7. The van der Waals surface area contributed by atoms with Gasteiger partial charge in [-0.2, -0.15) is 0 Å². The Labute approximate surface area is 261 Å². The van der Waals surface area contributed by atoms with Gasteiger partial charge in [0.05, 0.1) is 40.6 Å². The summed E-state index contributed by atoms with van der Waals surface area (Å²) in [6, 6.07) is 7.69. The Morgan fingerprint density at radius 3 is 1.30 bits per heavy atom. The van der Waals surface area contributed by atoms with Crippen molar-refractivity contribution >= 4 is 44.5 Å². The molecule has 17 heteroatoms. The number of phenols is 2. The molecule has 0 saturated heterocycles. The van der Waals surface area contributed by atoms with Gasteiger partial charge >= 0.3 is 27.1 Å². The second-order valence-corrected chi connectivity index (χ2v) is 13.3. The van der Waals surface area contributed by atoms with Crippen LogP contribution in [-0.2, 0) is 36.7 Å². The zero-order valence-corrected chi connectivity index (χ0v) is 27.8. The molecule has 0 aliphatic heterocycles. The monoisotopic (exact) mass is 676 g/mol. The van der Waals surface area contributed by atoms with E-state index in [1.165, 1.54) is 36.4 Å². The number of benzene rings is 2. The molecule has 2 aromatic carbocycles. The van der Waals surface area contributed by atoms with Gasteiger partial charge in [-0.15, -0.1) is 0 Å². The number of rotatable bonds is 16. The lowest BCUT2D eigenvalue weighted by Gasteiger charge is -2.32. The van der Waals surface area contributed by atoms with Crippen LogP contribution in [0.2, 0.25) is 0 Å². The molecular formula is C27H38N2O12P2S. The molecule has 0 aliphatic rings. The first-order valence-corrected chi connectivity index (χ1v) is 17.1. The first-order valence-electron chi connectivity index (χ1n) is 13.5. The molecule has 244 valence electrons. The molecule has 0 saturated carbocycles. The van der Waals surface area contributed by atoms with E-state index < -0.39 is 38.7 Å². The topological polar surface area (TPSA) is 188 Å². The van der Waals surface area contributed by atoms with Gasteiger partial charge < -0.3 is 48.4 Å². The lowest BCUT2D eigenvalue weighted by Crippen LogP contribution is -2.40. The van der Waals surface area contributed by atoms with Crippen LogP contribution in [0.25, 0.3) is 0 Å². The molecule has 0 heterocycles. The van der Waals surface area contributed by atoms with Gasteiger partial charge in [-0.25, -0.2) is 9.59 Å². The van der Waals surface area contributed by atoms with Crippen LogP contribution in [-0.4, -0.2) is 67.9 Å². The van der Waals surface area contributed by atoms with Gasteiger partial charge in [-0.05, 0) is 75.3 Å². The predicted octanol–water partition coefficient (Wildman–Crippen LogP) is 5.36. The maximum absolute atomic E-state index is 14.1. The minimum atomic E-state index is -4.09. The van der Waals surface area contributed by atoms with Gasteiger partial charge in [0.2, 0.25) is 0 Å². The molecule has 0 amide bonds. The number of hydrogen-bond donors (Lipinski definition) is 4. The van der Waals surface area contributed by atoms with Crippen molar-refractivity contribution in [2.45, 2.75) is 39.3 Å². The zero-order valence-electron chi connectivity index (χ0n) is 25.2. The van der Waals surface area contributed by atoms with E-state index >= 15 is 0 Å². The summed E-state index contributed by atoms with van der Waals surface area (Å²) in [7, 11) is -5.91. The summed E-state index contributed by atoms with van der Waals surface area (Å²) in [4.78, 5) is 24.6. The van der Waals surface area contributed by atoms with E-state index in [4.69, 9.17) is 39.8 Å². The standard InChI is InChI=1S/C27H38N2O12P2S/c1-7-38-42(34,39-8-2)23(17-11-13-21(30)19(15-17)25(32)36-5)28-27(44)29-24(43(35,40-9-3)41-10-4)18-12-14-22(31)20(16-18)26(33)37-6/h11-16,23-24,30-31H,7-10H2,1-6H3,(H2,28,29,44). The van der Waals surface area contributed by atoms with Crippen molar-refractivity contribution in [1.29, 1.82) is 0 Å². The molecule has 0 aliphatic carbocycles. The largest absolute Gasteiger partial charge is 0.507 e. The van der Waals surface area contributed by atoms with Crippen molar-refractivity contribution in [3.8, 4) is 11.5 Å². The van der Waals surface area contributed by atoms with E-state index in [0.29, 0.717) is 0 Å². The van der Waals surface area contributed by atoms with Crippen molar-refractivity contribution in [2.75, 3.05) is 40.6 Å². The molecule has 0 bridgehead atoms. The summed E-state index contributed by atoms with van der Waals surface area (Å²) >= 11 is 5.58. The number of methoxy groups -OCH3 is 2. The van der Waals surface area contributed by atoms with Crippen molar-refractivity contribution in [3.05, 3.63) is 58.7 Å². The van der Waals surface area contributed by atoms with Gasteiger partial charge in [-0.1, -0.05) is 12.1 Å². The van der Waals surface area contributed by atoms with Crippen LogP contribution >= 0.6 is 27.4 Å². The zero-order chi connectivity index (χ0) is 33.1. The molecule has 0 aromatic heterocycles. The molecule has 2 aromatic rings. The Hall–Kier alpha value is -3.03. The average Bonchev–Trinajstić information content (AvgIpc) is 2.99. The van der Waals surface area contributed by atoms with E-state index in [2.05, 4.69) is 10.6 Å². The molecule has 2 atom stereocenters. The molecule has 0 spiro atoms. The lowest BCUT2D eigenvalue weighted by atomic mass is 10.1. The molecule has 2 rings (SSSR count). The molecule has 2 unspecified atom stereocenters. The number of thiocarbonyl (C=S) groups is 1. The fourth-order valence-corrected chi connectivity index (χ4v) is 8.29. The lowest BCUT2D eigenvalue weighted by molar-refractivity contribution is 0.0588. The van der Waals surface area contributed by atoms with E-state index in [1.54, 1.807) is 27.7 Å². The summed E-state index contributed by atoms with van der Waals surface area (Å²) in [5, 5.41) is 26.0. The number of aromatic hydroxyl groups is 2. The van der Waals surface area contributed by atoms with E-state index in [-0.39, 0.29) is 65.3 Å². The van der Waals surface area contributed by atoms with Crippen LogP contribution in [0.3, 0.4) is 0 Å². The summed E-state index contributed by atoms with van der Waals surface area (Å²) in [6.07, 6.45) is 0. The highest BCUT2D eigenvalue weighted by atomic mass is 32.1. The van der Waals surface area contributed by atoms with Crippen LogP contribution in [0.1, 0.15) is 71.1 Å². The van der Waals surface area contributed by atoms with Gasteiger partial charge in [0.25, 0.3) is 0 Å². The summed E-state index contributed by atoms with van der Waals surface area (Å²) in [5.41, 5.74) is -0.0939. The summed E-state index contributed by atoms with van der Waals surface area (Å²) in [6.45, 7) is 6.35. The fraction of sp³-hybridized carbons (Fsp3) is 0.444.